The van der Waals surface area contributed by atoms with E-state index in [2.05, 4.69) is 34.7 Å². The fourth-order valence-corrected chi connectivity index (χ4v) is 3.10. The maximum Gasteiger partial charge on any atom is 0.133 e. The molecule has 0 bridgehead atoms. The van der Waals surface area contributed by atoms with Gasteiger partial charge in [0.25, 0.3) is 0 Å². The second-order valence-corrected chi connectivity index (χ2v) is 5.09. The molecule has 0 radical (unpaired) electrons. The van der Waals surface area contributed by atoms with Crippen LogP contribution in [0.2, 0.25) is 0 Å². The van der Waals surface area contributed by atoms with Gasteiger partial charge in [0, 0.05) is 24.5 Å². The molecular formula is C12H17N3S. The van der Waals surface area contributed by atoms with Gasteiger partial charge in [-0.15, -0.1) is 11.3 Å². The van der Waals surface area contributed by atoms with E-state index in [1.54, 1.807) is 11.3 Å². The number of thiophene rings is 1. The third kappa shape index (κ3) is 2.43. The number of nitrogens with one attached hydrogen (secondary N) is 1. The van der Waals surface area contributed by atoms with Crippen molar-refractivity contribution in [3.05, 3.63) is 21.9 Å². The Kier molecular flexibility index (Phi) is 3.94. The highest BCUT2D eigenvalue weighted by Crippen LogP contribution is 2.28. The van der Waals surface area contributed by atoms with Crippen molar-refractivity contribution in [1.82, 2.24) is 10.2 Å². The molecule has 86 valence electrons. The second-order valence-electron chi connectivity index (χ2n) is 4.14. The lowest BCUT2D eigenvalue weighted by molar-refractivity contribution is 0.255. The van der Waals surface area contributed by atoms with Crippen LogP contribution in [-0.2, 0) is 0 Å². The minimum absolute atomic E-state index is 0.0556. The number of nitrogens with zero attached hydrogens (tertiary/aromatic N) is 2. The number of rotatable bonds is 2. The van der Waals surface area contributed by atoms with Gasteiger partial charge < -0.3 is 5.32 Å². The Labute approximate surface area is 101 Å². The first-order chi connectivity index (χ1) is 7.83. The standard InChI is InChI=1S/C12H17N3S/c1-10-3-8-16-12(10)11(9-13)15-6-2-4-14-5-7-15/h3,8,11,14H,2,4-7H2,1H3. The highest BCUT2D eigenvalue weighted by molar-refractivity contribution is 7.10. The smallest absolute Gasteiger partial charge is 0.133 e. The number of hydrogen-bond donors (Lipinski definition) is 1. The van der Waals surface area contributed by atoms with Crippen LogP contribution in [0.5, 0.6) is 0 Å². The highest BCUT2D eigenvalue weighted by atomic mass is 32.1. The maximum atomic E-state index is 9.36. The topological polar surface area (TPSA) is 39.1 Å². The predicted molar refractivity (Wildman–Crippen MR) is 66.5 cm³/mol. The quantitative estimate of drug-likeness (QED) is 0.851. The van der Waals surface area contributed by atoms with E-state index >= 15 is 0 Å². The Morgan fingerprint density at radius 1 is 1.50 bits per heavy atom. The van der Waals surface area contributed by atoms with Gasteiger partial charge in [-0.1, -0.05) is 0 Å². The largest absolute Gasteiger partial charge is 0.315 e. The monoisotopic (exact) mass is 235 g/mol. The van der Waals surface area contributed by atoms with Crippen molar-refractivity contribution in [3.63, 3.8) is 0 Å². The summed E-state index contributed by atoms with van der Waals surface area (Å²) in [4.78, 5) is 3.50. The Hall–Kier alpha value is -0.890. The van der Waals surface area contributed by atoms with Crippen molar-refractivity contribution in [2.24, 2.45) is 0 Å². The molecule has 0 aliphatic carbocycles. The summed E-state index contributed by atoms with van der Waals surface area (Å²) in [7, 11) is 0. The van der Waals surface area contributed by atoms with E-state index in [4.69, 9.17) is 0 Å². The minimum Gasteiger partial charge on any atom is -0.315 e. The van der Waals surface area contributed by atoms with Gasteiger partial charge in [-0.3, -0.25) is 4.90 Å². The van der Waals surface area contributed by atoms with Crippen LogP contribution in [0.3, 0.4) is 0 Å². The van der Waals surface area contributed by atoms with E-state index in [-0.39, 0.29) is 6.04 Å². The average molecular weight is 235 g/mol. The zero-order valence-electron chi connectivity index (χ0n) is 9.57. The summed E-state index contributed by atoms with van der Waals surface area (Å²) in [5, 5.41) is 14.8. The van der Waals surface area contributed by atoms with Gasteiger partial charge in [0.05, 0.1) is 6.07 Å². The molecule has 1 aliphatic heterocycles. The lowest BCUT2D eigenvalue weighted by Gasteiger charge is -2.24. The Balaban J connectivity index is 2.16. The van der Waals surface area contributed by atoms with Gasteiger partial charge >= 0.3 is 0 Å². The summed E-state index contributed by atoms with van der Waals surface area (Å²) in [5.41, 5.74) is 1.24. The van der Waals surface area contributed by atoms with Crippen LogP contribution in [0.1, 0.15) is 22.9 Å². The van der Waals surface area contributed by atoms with E-state index in [1.807, 2.05) is 0 Å². The van der Waals surface area contributed by atoms with Gasteiger partial charge in [-0.25, -0.2) is 0 Å². The van der Waals surface area contributed by atoms with Crippen LogP contribution in [0.15, 0.2) is 11.4 Å². The lowest BCUT2D eigenvalue weighted by Crippen LogP contribution is -2.31. The van der Waals surface area contributed by atoms with Crippen LogP contribution in [0.4, 0.5) is 0 Å². The van der Waals surface area contributed by atoms with Gasteiger partial charge in [0.15, 0.2) is 0 Å². The normalized spacial score (nSPS) is 20.0. The van der Waals surface area contributed by atoms with E-state index in [0.29, 0.717) is 0 Å². The van der Waals surface area contributed by atoms with Crippen LogP contribution < -0.4 is 5.32 Å². The SMILES string of the molecule is Cc1ccsc1C(C#N)N1CCCNCC1. The molecule has 0 spiro atoms. The first kappa shape index (κ1) is 11.6. The molecule has 1 fully saturated rings. The molecule has 0 saturated carbocycles. The molecule has 16 heavy (non-hydrogen) atoms. The second kappa shape index (κ2) is 5.44. The summed E-state index contributed by atoms with van der Waals surface area (Å²) in [6.45, 7) is 6.13. The predicted octanol–water partition coefficient (Wildman–Crippen LogP) is 1.92. The number of hydrogen-bond acceptors (Lipinski definition) is 4. The maximum absolute atomic E-state index is 9.36. The van der Waals surface area contributed by atoms with Crippen molar-refractivity contribution in [2.45, 2.75) is 19.4 Å². The van der Waals surface area contributed by atoms with Crippen molar-refractivity contribution in [1.29, 1.82) is 5.26 Å². The van der Waals surface area contributed by atoms with Crippen LogP contribution in [0, 0.1) is 18.3 Å². The van der Waals surface area contributed by atoms with E-state index in [0.717, 1.165) is 32.6 Å². The molecule has 1 atom stereocenters. The van der Waals surface area contributed by atoms with Crippen molar-refractivity contribution in [3.8, 4) is 6.07 Å². The first-order valence-corrected chi connectivity index (χ1v) is 6.59. The van der Waals surface area contributed by atoms with Crippen molar-refractivity contribution >= 4 is 11.3 Å². The van der Waals surface area contributed by atoms with Gasteiger partial charge in [-0.05, 0) is 36.9 Å². The molecule has 2 rings (SSSR count). The lowest BCUT2D eigenvalue weighted by atomic mass is 10.1. The third-order valence-electron chi connectivity index (χ3n) is 3.01. The fourth-order valence-electron chi connectivity index (χ4n) is 2.10. The fraction of sp³-hybridized carbons (Fsp3) is 0.583. The molecule has 0 aromatic carbocycles. The Bertz CT molecular complexity index is 372. The summed E-state index contributed by atoms with van der Waals surface area (Å²) in [6, 6.07) is 4.49. The summed E-state index contributed by atoms with van der Waals surface area (Å²) in [5.74, 6) is 0. The zero-order valence-corrected chi connectivity index (χ0v) is 10.4. The molecule has 0 amide bonds. The average Bonchev–Trinajstić information content (AvgIpc) is 2.57. The highest BCUT2D eigenvalue weighted by Gasteiger charge is 2.23. The van der Waals surface area contributed by atoms with E-state index in [1.165, 1.54) is 10.4 Å². The molecule has 3 nitrogen and oxygen atoms in total. The Morgan fingerprint density at radius 2 is 2.38 bits per heavy atom. The number of nitriles is 1. The zero-order chi connectivity index (χ0) is 11.4. The number of aryl methyl sites for hydroxylation is 1. The molecule has 1 N–H and O–H groups in total. The summed E-state index contributed by atoms with van der Waals surface area (Å²) < 4.78 is 0. The van der Waals surface area contributed by atoms with Gasteiger partial charge in [0.2, 0.25) is 0 Å². The van der Waals surface area contributed by atoms with Crippen LogP contribution in [0.25, 0.3) is 0 Å². The van der Waals surface area contributed by atoms with Crippen LogP contribution >= 0.6 is 11.3 Å². The van der Waals surface area contributed by atoms with E-state index < -0.39 is 0 Å². The molecule has 1 saturated heterocycles. The summed E-state index contributed by atoms with van der Waals surface area (Å²) >= 11 is 1.70. The molecule has 1 aromatic rings. The molecule has 4 heteroatoms. The van der Waals surface area contributed by atoms with E-state index in [9.17, 15) is 5.26 Å². The summed E-state index contributed by atoms with van der Waals surface area (Å²) in [6.07, 6.45) is 1.13. The van der Waals surface area contributed by atoms with Crippen LogP contribution in [-0.4, -0.2) is 31.1 Å². The van der Waals surface area contributed by atoms with Crippen molar-refractivity contribution < 1.29 is 0 Å². The first-order valence-electron chi connectivity index (χ1n) is 5.71. The molecule has 1 unspecified atom stereocenters. The molecular weight excluding hydrogens is 218 g/mol. The third-order valence-corrected chi connectivity index (χ3v) is 4.08. The minimum atomic E-state index is -0.0556. The van der Waals surface area contributed by atoms with Gasteiger partial charge in [-0.2, -0.15) is 5.26 Å². The van der Waals surface area contributed by atoms with Crippen molar-refractivity contribution in [2.75, 3.05) is 26.2 Å². The van der Waals surface area contributed by atoms with Gasteiger partial charge in [0.1, 0.15) is 6.04 Å². The molecule has 2 heterocycles. The molecule has 1 aliphatic rings. The molecule has 1 aromatic heterocycles. The Morgan fingerprint density at radius 3 is 3.06 bits per heavy atom.